The molecule has 0 radical (unpaired) electrons. The minimum Gasteiger partial charge on any atom is -0.493 e. The van der Waals surface area contributed by atoms with Crippen LogP contribution in [0.5, 0.6) is 5.75 Å². The molecule has 2 rings (SSSR count). The van der Waals surface area contributed by atoms with E-state index in [1.165, 1.54) is 10.0 Å². The standard InChI is InChI=1S/C16H21BrN2O4S/c1-18-11-13-9-16(17)19(12-13)24(20,21)15-6-3-5-14(10-15)23-8-4-7-22-2/h3,5-6,9-10,12,18H,4,7-8,11H2,1-2H3. The lowest BCUT2D eigenvalue weighted by Gasteiger charge is -2.10. The Balaban J connectivity index is 2.23. The number of ether oxygens (including phenoxy) is 2. The Morgan fingerprint density at radius 1 is 1.25 bits per heavy atom. The molecular weight excluding hydrogens is 396 g/mol. The van der Waals surface area contributed by atoms with Crippen molar-refractivity contribution in [3.05, 3.63) is 46.7 Å². The van der Waals surface area contributed by atoms with Gasteiger partial charge in [0.05, 0.1) is 11.5 Å². The van der Waals surface area contributed by atoms with Crippen molar-refractivity contribution in [3.8, 4) is 5.75 Å². The molecule has 0 fully saturated rings. The molecular formula is C16H21BrN2O4S. The third-order valence-corrected chi connectivity index (χ3v) is 5.82. The number of hydrogen-bond acceptors (Lipinski definition) is 5. The number of nitrogens with one attached hydrogen (secondary N) is 1. The van der Waals surface area contributed by atoms with Gasteiger partial charge in [0, 0.05) is 38.9 Å². The zero-order chi connectivity index (χ0) is 17.6. The summed E-state index contributed by atoms with van der Waals surface area (Å²) in [6, 6.07) is 8.28. The van der Waals surface area contributed by atoms with Crippen molar-refractivity contribution in [2.24, 2.45) is 0 Å². The zero-order valence-electron chi connectivity index (χ0n) is 13.7. The van der Waals surface area contributed by atoms with Crippen LogP contribution < -0.4 is 10.1 Å². The number of halogens is 1. The summed E-state index contributed by atoms with van der Waals surface area (Å²) in [7, 11) is -0.248. The zero-order valence-corrected chi connectivity index (χ0v) is 16.1. The molecule has 0 aliphatic rings. The highest BCUT2D eigenvalue weighted by Crippen LogP contribution is 2.25. The average Bonchev–Trinajstić information content (AvgIpc) is 2.94. The molecule has 0 bridgehead atoms. The normalized spacial score (nSPS) is 11.6. The Hall–Kier alpha value is -1.35. The first-order valence-corrected chi connectivity index (χ1v) is 9.71. The number of rotatable bonds is 9. The van der Waals surface area contributed by atoms with Crippen LogP contribution in [-0.4, -0.2) is 39.8 Å². The van der Waals surface area contributed by atoms with Gasteiger partial charge in [0.1, 0.15) is 10.4 Å². The number of benzene rings is 1. The highest BCUT2D eigenvalue weighted by Gasteiger charge is 2.20. The fraction of sp³-hybridized carbons (Fsp3) is 0.375. The molecule has 8 heteroatoms. The first-order valence-electron chi connectivity index (χ1n) is 7.48. The van der Waals surface area contributed by atoms with Gasteiger partial charge in [-0.2, -0.15) is 0 Å². The topological polar surface area (TPSA) is 69.6 Å². The summed E-state index contributed by atoms with van der Waals surface area (Å²) >= 11 is 3.31. The molecule has 0 aliphatic carbocycles. The van der Waals surface area contributed by atoms with Gasteiger partial charge in [-0.1, -0.05) is 6.07 Å². The molecule has 0 saturated heterocycles. The Labute approximate surface area is 151 Å². The van der Waals surface area contributed by atoms with Crippen molar-refractivity contribution in [1.82, 2.24) is 9.29 Å². The van der Waals surface area contributed by atoms with E-state index in [1.54, 1.807) is 37.6 Å². The van der Waals surface area contributed by atoms with E-state index in [-0.39, 0.29) is 4.90 Å². The van der Waals surface area contributed by atoms with E-state index in [4.69, 9.17) is 9.47 Å². The number of aromatic nitrogens is 1. The third-order valence-electron chi connectivity index (χ3n) is 3.30. The summed E-state index contributed by atoms with van der Waals surface area (Å²) in [6.07, 6.45) is 2.34. The largest absolute Gasteiger partial charge is 0.493 e. The molecule has 0 atom stereocenters. The molecule has 0 saturated carbocycles. The van der Waals surface area contributed by atoms with E-state index in [0.717, 1.165) is 12.0 Å². The van der Waals surface area contributed by atoms with Crippen LogP contribution >= 0.6 is 15.9 Å². The van der Waals surface area contributed by atoms with Crippen molar-refractivity contribution >= 4 is 26.0 Å². The van der Waals surface area contributed by atoms with E-state index < -0.39 is 10.0 Å². The average molecular weight is 417 g/mol. The van der Waals surface area contributed by atoms with Gasteiger partial charge in [0.25, 0.3) is 10.0 Å². The van der Waals surface area contributed by atoms with Crippen LogP contribution in [0.25, 0.3) is 0 Å². The van der Waals surface area contributed by atoms with E-state index in [1.807, 2.05) is 7.05 Å². The molecule has 1 N–H and O–H groups in total. The summed E-state index contributed by atoms with van der Waals surface area (Å²) < 4.78 is 37.9. The minimum atomic E-state index is -3.69. The monoisotopic (exact) mass is 416 g/mol. The SMILES string of the molecule is CNCc1cc(Br)n(S(=O)(=O)c2cccc(OCCCOC)c2)c1. The van der Waals surface area contributed by atoms with Crippen LogP contribution in [0.2, 0.25) is 0 Å². The molecule has 1 aromatic carbocycles. The molecule has 132 valence electrons. The molecule has 2 aromatic rings. The molecule has 1 heterocycles. The first-order chi connectivity index (χ1) is 11.5. The summed E-state index contributed by atoms with van der Waals surface area (Å²) in [5.41, 5.74) is 0.875. The van der Waals surface area contributed by atoms with Gasteiger partial charge in [0.15, 0.2) is 0 Å². The summed E-state index contributed by atoms with van der Waals surface area (Å²) in [5.74, 6) is 0.519. The second-order valence-electron chi connectivity index (χ2n) is 5.17. The van der Waals surface area contributed by atoms with Gasteiger partial charge in [-0.15, -0.1) is 0 Å². The fourth-order valence-electron chi connectivity index (χ4n) is 2.18. The Morgan fingerprint density at radius 3 is 2.75 bits per heavy atom. The summed E-state index contributed by atoms with van der Waals surface area (Å²) in [5, 5.41) is 3.00. The third kappa shape index (κ3) is 4.60. The molecule has 24 heavy (non-hydrogen) atoms. The maximum absolute atomic E-state index is 12.8. The predicted octanol–water partition coefficient (Wildman–Crippen LogP) is 2.62. The second kappa shape index (κ2) is 8.66. The molecule has 1 aromatic heterocycles. The highest BCUT2D eigenvalue weighted by molar-refractivity contribution is 9.10. The molecule has 0 spiro atoms. The second-order valence-corrected chi connectivity index (χ2v) is 7.80. The molecule has 0 amide bonds. The van der Waals surface area contributed by atoms with Crippen LogP contribution in [0.4, 0.5) is 0 Å². The number of hydrogen-bond donors (Lipinski definition) is 1. The Kier molecular flexibility index (Phi) is 6.85. The van der Waals surface area contributed by atoms with E-state index in [2.05, 4.69) is 21.2 Å². The summed E-state index contributed by atoms with van der Waals surface area (Å²) in [6.45, 7) is 1.66. The minimum absolute atomic E-state index is 0.180. The Bertz CT molecular complexity index is 774. The van der Waals surface area contributed by atoms with Crippen molar-refractivity contribution < 1.29 is 17.9 Å². The maximum Gasteiger partial charge on any atom is 0.268 e. The molecule has 0 unspecified atom stereocenters. The van der Waals surface area contributed by atoms with Gasteiger partial charge in [-0.25, -0.2) is 12.4 Å². The van der Waals surface area contributed by atoms with E-state index >= 15 is 0 Å². The van der Waals surface area contributed by atoms with Gasteiger partial charge >= 0.3 is 0 Å². The number of methoxy groups -OCH3 is 1. The van der Waals surface area contributed by atoms with Crippen molar-refractivity contribution in [1.29, 1.82) is 0 Å². The molecule has 0 aliphatic heterocycles. The predicted molar refractivity (Wildman–Crippen MR) is 95.9 cm³/mol. The summed E-state index contributed by atoms with van der Waals surface area (Å²) in [4.78, 5) is 0.180. The number of nitrogens with zero attached hydrogens (tertiary/aromatic N) is 1. The van der Waals surface area contributed by atoms with Gasteiger partial charge in [-0.05, 0) is 46.7 Å². The Morgan fingerprint density at radius 2 is 2.04 bits per heavy atom. The van der Waals surface area contributed by atoms with Crippen LogP contribution in [-0.2, 0) is 21.3 Å². The quantitative estimate of drug-likeness (QED) is 0.636. The van der Waals surface area contributed by atoms with Crippen LogP contribution in [0.1, 0.15) is 12.0 Å². The fourth-order valence-corrected chi connectivity index (χ4v) is 4.45. The van der Waals surface area contributed by atoms with Gasteiger partial charge < -0.3 is 14.8 Å². The van der Waals surface area contributed by atoms with Gasteiger partial charge in [0.2, 0.25) is 0 Å². The first kappa shape index (κ1) is 19.0. The lowest BCUT2D eigenvalue weighted by atomic mass is 10.3. The van der Waals surface area contributed by atoms with Crippen molar-refractivity contribution in [2.75, 3.05) is 27.4 Å². The van der Waals surface area contributed by atoms with Crippen LogP contribution in [0, 0.1) is 0 Å². The lowest BCUT2D eigenvalue weighted by molar-refractivity contribution is 0.172. The lowest BCUT2D eigenvalue weighted by Crippen LogP contribution is -2.13. The maximum atomic E-state index is 12.8. The highest BCUT2D eigenvalue weighted by atomic mass is 79.9. The van der Waals surface area contributed by atoms with Gasteiger partial charge in [-0.3, -0.25) is 0 Å². The van der Waals surface area contributed by atoms with E-state index in [9.17, 15) is 8.42 Å². The van der Waals surface area contributed by atoms with Crippen molar-refractivity contribution in [3.63, 3.8) is 0 Å². The van der Waals surface area contributed by atoms with Crippen LogP contribution in [0.3, 0.4) is 0 Å². The van der Waals surface area contributed by atoms with E-state index in [0.29, 0.717) is 30.1 Å². The molecule has 6 nitrogen and oxygen atoms in total. The van der Waals surface area contributed by atoms with Crippen LogP contribution in [0.15, 0.2) is 46.0 Å². The smallest absolute Gasteiger partial charge is 0.268 e. The van der Waals surface area contributed by atoms with Crippen molar-refractivity contribution in [2.45, 2.75) is 17.9 Å².